The maximum absolute atomic E-state index is 12.0. The molecule has 6 nitrogen and oxygen atoms in total. The van der Waals surface area contributed by atoms with Gasteiger partial charge in [-0.2, -0.15) is 15.4 Å². The molecule has 1 aromatic heterocycles. The fourth-order valence-electron chi connectivity index (χ4n) is 2.56. The predicted molar refractivity (Wildman–Crippen MR) is 69.6 cm³/mol. The standard InChI is InChI=1S/C13H16N4O2/c18-12-3-1-2-9(12)7-14-13(19)8-4-5-10-11(6-8)16-17-15-10/h4-6,9,12,18H,1-3,7H2,(H,14,19)(H,15,16,17). The average Bonchev–Trinajstić information content (AvgIpc) is 3.03. The number of nitrogens with one attached hydrogen (secondary N) is 2. The largest absolute Gasteiger partial charge is 0.393 e. The van der Waals surface area contributed by atoms with Crippen LogP contribution in [0, 0.1) is 5.92 Å². The number of aliphatic hydroxyl groups excluding tert-OH is 1. The molecule has 19 heavy (non-hydrogen) atoms. The number of aromatic amines is 1. The molecular weight excluding hydrogens is 244 g/mol. The first-order valence-corrected chi connectivity index (χ1v) is 6.51. The van der Waals surface area contributed by atoms with Gasteiger partial charge >= 0.3 is 0 Å². The van der Waals surface area contributed by atoms with Crippen molar-refractivity contribution in [2.24, 2.45) is 5.92 Å². The van der Waals surface area contributed by atoms with Crippen molar-refractivity contribution in [3.05, 3.63) is 23.8 Å². The predicted octanol–water partition coefficient (Wildman–Crippen LogP) is 0.849. The van der Waals surface area contributed by atoms with Gasteiger partial charge in [-0.3, -0.25) is 4.79 Å². The number of hydrogen-bond acceptors (Lipinski definition) is 4. The number of carbonyl (C=O) groups is 1. The second kappa shape index (κ2) is 4.97. The Bertz CT molecular complexity index is 595. The second-order valence-corrected chi connectivity index (χ2v) is 5.00. The number of amides is 1. The van der Waals surface area contributed by atoms with Crippen molar-refractivity contribution in [3.8, 4) is 0 Å². The number of carbonyl (C=O) groups excluding carboxylic acids is 1. The van der Waals surface area contributed by atoms with Gasteiger partial charge in [0.05, 0.1) is 6.10 Å². The van der Waals surface area contributed by atoms with Crippen LogP contribution in [0.15, 0.2) is 18.2 Å². The van der Waals surface area contributed by atoms with E-state index in [0.717, 1.165) is 24.8 Å². The van der Waals surface area contributed by atoms with E-state index in [1.165, 1.54) is 0 Å². The molecule has 1 amide bonds. The van der Waals surface area contributed by atoms with Gasteiger partial charge in [-0.25, -0.2) is 0 Å². The first kappa shape index (κ1) is 12.1. The molecule has 1 saturated carbocycles. The number of hydrogen-bond donors (Lipinski definition) is 3. The van der Waals surface area contributed by atoms with Crippen molar-refractivity contribution >= 4 is 16.9 Å². The molecule has 0 radical (unpaired) electrons. The molecule has 3 rings (SSSR count). The first-order valence-electron chi connectivity index (χ1n) is 6.51. The Labute approximate surface area is 110 Å². The van der Waals surface area contributed by atoms with E-state index in [1.54, 1.807) is 18.2 Å². The third kappa shape index (κ3) is 2.44. The lowest BCUT2D eigenvalue weighted by Gasteiger charge is -2.14. The van der Waals surface area contributed by atoms with E-state index in [2.05, 4.69) is 20.7 Å². The van der Waals surface area contributed by atoms with Gasteiger partial charge in [0.25, 0.3) is 5.91 Å². The molecule has 1 aromatic carbocycles. The SMILES string of the molecule is O=C(NCC1CCCC1O)c1ccc2n[nH]nc2c1. The minimum atomic E-state index is -0.279. The minimum absolute atomic E-state index is 0.135. The van der Waals surface area contributed by atoms with E-state index in [0.29, 0.717) is 17.6 Å². The summed E-state index contributed by atoms with van der Waals surface area (Å²) in [7, 11) is 0. The number of H-pyrrole nitrogens is 1. The van der Waals surface area contributed by atoms with Gasteiger partial charge in [0.2, 0.25) is 0 Å². The topological polar surface area (TPSA) is 90.9 Å². The fraction of sp³-hybridized carbons (Fsp3) is 0.462. The van der Waals surface area contributed by atoms with Crippen molar-refractivity contribution in [1.29, 1.82) is 0 Å². The van der Waals surface area contributed by atoms with Gasteiger partial charge in [0, 0.05) is 18.0 Å². The minimum Gasteiger partial charge on any atom is -0.393 e. The lowest BCUT2D eigenvalue weighted by Crippen LogP contribution is -2.32. The highest BCUT2D eigenvalue weighted by Crippen LogP contribution is 2.24. The quantitative estimate of drug-likeness (QED) is 0.763. The Morgan fingerprint density at radius 1 is 1.37 bits per heavy atom. The maximum Gasteiger partial charge on any atom is 0.251 e. The lowest BCUT2D eigenvalue weighted by molar-refractivity contribution is 0.0917. The molecule has 2 atom stereocenters. The Balaban J connectivity index is 1.66. The molecule has 2 unspecified atom stereocenters. The maximum atomic E-state index is 12.0. The summed E-state index contributed by atoms with van der Waals surface area (Å²) in [4.78, 5) is 12.0. The number of fused-ring (bicyclic) bond motifs is 1. The molecule has 1 aliphatic carbocycles. The lowest BCUT2D eigenvalue weighted by atomic mass is 10.1. The second-order valence-electron chi connectivity index (χ2n) is 5.00. The smallest absolute Gasteiger partial charge is 0.251 e. The zero-order chi connectivity index (χ0) is 13.2. The highest BCUT2D eigenvalue weighted by atomic mass is 16.3. The van der Waals surface area contributed by atoms with Crippen molar-refractivity contribution < 1.29 is 9.90 Å². The number of aliphatic hydroxyl groups is 1. The number of aromatic nitrogens is 3. The fourth-order valence-corrected chi connectivity index (χ4v) is 2.56. The van der Waals surface area contributed by atoms with E-state index in [-0.39, 0.29) is 17.9 Å². The Hall–Kier alpha value is -1.95. The molecular formula is C13H16N4O2. The highest BCUT2D eigenvalue weighted by Gasteiger charge is 2.25. The molecule has 1 aliphatic rings. The van der Waals surface area contributed by atoms with Crippen LogP contribution in [0.1, 0.15) is 29.6 Å². The Kier molecular flexibility index (Phi) is 3.16. The summed E-state index contributed by atoms with van der Waals surface area (Å²) in [5.74, 6) is 0.0451. The van der Waals surface area contributed by atoms with Crippen LogP contribution in [0.4, 0.5) is 0 Å². The van der Waals surface area contributed by atoms with Crippen LogP contribution in [0.5, 0.6) is 0 Å². The summed E-state index contributed by atoms with van der Waals surface area (Å²) in [5.41, 5.74) is 1.98. The zero-order valence-corrected chi connectivity index (χ0v) is 10.5. The van der Waals surface area contributed by atoms with Crippen molar-refractivity contribution in [3.63, 3.8) is 0 Å². The van der Waals surface area contributed by atoms with E-state index < -0.39 is 0 Å². The van der Waals surface area contributed by atoms with E-state index in [4.69, 9.17) is 0 Å². The van der Waals surface area contributed by atoms with Gasteiger partial charge in [-0.15, -0.1) is 0 Å². The molecule has 6 heteroatoms. The van der Waals surface area contributed by atoms with E-state index in [1.807, 2.05) is 0 Å². The molecule has 0 spiro atoms. The van der Waals surface area contributed by atoms with Crippen molar-refractivity contribution in [2.75, 3.05) is 6.54 Å². The highest BCUT2D eigenvalue weighted by molar-refractivity contribution is 5.97. The van der Waals surface area contributed by atoms with Crippen LogP contribution in [0.3, 0.4) is 0 Å². The van der Waals surface area contributed by atoms with Gasteiger partial charge < -0.3 is 10.4 Å². The summed E-state index contributed by atoms with van der Waals surface area (Å²) in [6, 6.07) is 5.20. The van der Waals surface area contributed by atoms with Crippen LogP contribution in [0.2, 0.25) is 0 Å². The molecule has 0 bridgehead atoms. The monoisotopic (exact) mass is 260 g/mol. The van der Waals surface area contributed by atoms with Crippen LogP contribution in [-0.4, -0.2) is 39.1 Å². The molecule has 2 aromatic rings. The molecule has 100 valence electrons. The summed E-state index contributed by atoms with van der Waals surface area (Å²) in [6.07, 6.45) is 2.57. The Morgan fingerprint density at radius 2 is 2.21 bits per heavy atom. The van der Waals surface area contributed by atoms with Crippen molar-refractivity contribution in [2.45, 2.75) is 25.4 Å². The average molecular weight is 260 g/mol. The normalized spacial score (nSPS) is 22.8. The van der Waals surface area contributed by atoms with Gasteiger partial charge in [0.15, 0.2) is 0 Å². The third-order valence-corrected chi connectivity index (χ3v) is 3.72. The van der Waals surface area contributed by atoms with Crippen molar-refractivity contribution in [1.82, 2.24) is 20.7 Å². The Morgan fingerprint density at radius 3 is 3.00 bits per heavy atom. The summed E-state index contributed by atoms with van der Waals surface area (Å²) in [6.45, 7) is 0.525. The van der Waals surface area contributed by atoms with Gasteiger partial charge in [-0.1, -0.05) is 6.42 Å². The molecule has 0 saturated heterocycles. The van der Waals surface area contributed by atoms with Crippen LogP contribution in [-0.2, 0) is 0 Å². The third-order valence-electron chi connectivity index (χ3n) is 3.72. The first-order chi connectivity index (χ1) is 9.24. The number of benzene rings is 1. The van der Waals surface area contributed by atoms with E-state index >= 15 is 0 Å². The summed E-state index contributed by atoms with van der Waals surface area (Å²) in [5, 5.41) is 23.0. The van der Waals surface area contributed by atoms with Crippen LogP contribution in [0.25, 0.3) is 11.0 Å². The number of nitrogens with zero attached hydrogens (tertiary/aromatic N) is 2. The summed E-state index contributed by atoms with van der Waals surface area (Å²) < 4.78 is 0. The summed E-state index contributed by atoms with van der Waals surface area (Å²) >= 11 is 0. The van der Waals surface area contributed by atoms with Crippen LogP contribution >= 0.6 is 0 Å². The molecule has 0 aliphatic heterocycles. The molecule has 1 heterocycles. The molecule has 1 fully saturated rings. The molecule has 3 N–H and O–H groups in total. The van der Waals surface area contributed by atoms with Crippen LogP contribution < -0.4 is 5.32 Å². The van der Waals surface area contributed by atoms with Gasteiger partial charge in [-0.05, 0) is 31.0 Å². The van der Waals surface area contributed by atoms with Gasteiger partial charge in [0.1, 0.15) is 11.0 Å². The van der Waals surface area contributed by atoms with E-state index in [9.17, 15) is 9.90 Å². The number of rotatable bonds is 3. The zero-order valence-electron chi connectivity index (χ0n) is 10.5.